The first kappa shape index (κ1) is 23.6. The van der Waals surface area contributed by atoms with Gasteiger partial charge in [-0.25, -0.2) is 18.2 Å². The Morgan fingerprint density at radius 2 is 1.97 bits per heavy atom. The number of morpholine rings is 1. The third-order valence-corrected chi connectivity index (χ3v) is 8.19. The Hall–Kier alpha value is -2.57. The number of benzene rings is 2. The van der Waals surface area contributed by atoms with Gasteiger partial charge in [0.1, 0.15) is 4.90 Å². The monoisotopic (exact) mass is 509 g/mol. The molecule has 1 aliphatic heterocycles. The maximum Gasteiger partial charge on any atom is 0.338 e. The van der Waals surface area contributed by atoms with Crippen molar-refractivity contribution in [3.8, 4) is 0 Å². The Labute approximate surface area is 199 Å². The number of aromatic nitrogens is 1. The van der Waals surface area contributed by atoms with Gasteiger partial charge in [-0.1, -0.05) is 29.0 Å². The smallest absolute Gasteiger partial charge is 0.338 e. The third kappa shape index (κ3) is 5.33. The number of ether oxygens (including phenoxy) is 2. The SMILES string of the molecule is Cc1ccc2nc(NC(=O)COC(=O)c3ccc(Cl)c(S(=O)(=O)N4CCOCC4)c3)sc2c1. The van der Waals surface area contributed by atoms with Crippen molar-refractivity contribution in [3.63, 3.8) is 0 Å². The van der Waals surface area contributed by atoms with Gasteiger partial charge in [0.15, 0.2) is 11.7 Å². The molecule has 1 aliphatic rings. The molecule has 2 heterocycles. The number of esters is 1. The van der Waals surface area contributed by atoms with Gasteiger partial charge in [-0.2, -0.15) is 4.31 Å². The standard InChI is InChI=1S/C21H20ClN3O6S2/c1-13-2-5-16-17(10-13)32-21(23-16)24-19(26)12-31-20(27)14-3-4-15(22)18(11-14)33(28,29)25-6-8-30-9-7-25/h2-5,10-11H,6-9,12H2,1H3,(H,23,24,26). The molecule has 4 rings (SSSR count). The molecule has 1 aromatic heterocycles. The van der Waals surface area contributed by atoms with Crippen molar-refractivity contribution in [3.05, 3.63) is 52.5 Å². The van der Waals surface area contributed by atoms with Crippen LogP contribution in [0.25, 0.3) is 10.2 Å². The van der Waals surface area contributed by atoms with Gasteiger partial charge in [0, 0.05) is 13.1 Å². The largest absolute Gasteiger partial charge is 0.452 e. The lowest BCUT2D eigenvalue weighted by molar-refractivity contribution is -0.119. The zero-order chi connectivity index (χ0) is 23.6. The molecule has 0 atom stereocenters. The van der Waals surface area contributed by atoms with Gasteiger partial charge >= 0.3 is 5.97 Å². The van der Waals surface area contributed by atoms with Gasteiger partial charge in [0.25, 0.3) is 5.91 Å². The summed E-state index contributed by atoms with van der Waals surface area (Å²) in [5.41, 5.74) is 1.80. The highest BCUT2D eigenvalue weighted by Gasteiger charge is 2.29. The highest BCUT2D eigenvalue weighted by atomic mass is 35.5. The van der Waals surface area contributed by atoms with Crippen LogP contribution in [0.4, 0.5) is 5.13 Å². The van der Waals surface area contributed by atoms with Crippen LogP contribution >= 0.6 is 22.9 Å². The van der Waals surface area contributed by atoms with Crippen molar-refractivity contribution in [2.75, 3.05) is 38.2 Å². The molecule has 0 aliphatic carbocycles. The van der Waals surface area contributed by atoms with E-state index in [0.717, 1.165) is 21.8 Å². The van der Waals surface area contributed by atoms with Gasteiger partial charge in [-0.3, -0.25) is 10.1 Å². The first-order valence-corrected chi connectivity index (χ1v) is 12.6. The second-order valence-corrected chi connectivity index (χ2v) is 10.6. The molecule has 0 unspecified atom stereocenters. The zero-order valence-corrected chi connectivity index (χ0v) is 19.9. The molecule has 2 aromatic carbocycles. The Morgan fingerprint density at radius 3 is 2.73 bits per heavy atom. The lowest BCUT2D eigenvalue weighted by Gasteiger charge is -2.26. The predicted molar refractivity (Wildman–Crippen MR) is 124 cm³/mol. The number of halogens is 1. The second-order valence-electron chi connectivity index (χ2n) is 7.28. The van der Waals surface area contributed by atoms with E-state index in [2.05, 4.69) is 10.3 Å². The van der Waals surface area contributed by atoms with Gasteiger partial charge in [-0.15, -0.1) is 0 Å². The van der Waals surface area contributed by atoms with Crippen LogP contribution < -0.4 is 5.32 Å². The first-order valence-electron chi connectivity index (χ1n) is 9.95. The van der Waals surface area contributed by atoms with Crippen LogP contribution in [0.2, 0.25) is 5.02 Å². The average molecular weight is 510 g/mol. The molecule has 9 nitrogen and oxygen atoms in total. The number of carbonyl (C=O) groups excluding carboxylic acids is 2. The molecule has 33 heavy (non-hydrogen) atoms. The van der Waals surface area contributed by atoms with Crippen LogP contribution in [0.5, 0.6) is 0 Å². The van der Waals surface area contributed by atoms with E-state index in [-0.39, 0.29) is 41.8 Å². The van der Waals surface area contributed by atoms with Crippen molar-refractivity contribution in [1.29, 1.82) is 0 Å². The minimum Gasteiger partial charge on any atom is -0.452 e. The number of amides is 1. The molecule has 3 aromatic rings. The fourth-order valence-electron chi connectivity index (χ4n) is 3.21. The van der Waals surface area contributed by atoms with E-state index in [1.54, 1.807) is 0 Å². The van der Waals surface area contributed by atoms with Gasteiger partial charge < -0.3 is 9.47 Å². The summed E-state index contributed by atoms with van der Waals surface area (Å²) in [6, 6.07) is 9.56. The number of nitrogens with one attached hydrogen (secondary N) is 1. The predicted octanol–water partition coefficient (Wildman–Crippen LogP) is 3.07. The number of rotatable bonds is 6. The molecule has 0 bridgehead atoms. The number of carbonyl (C=O) groups is 2. The third-order valence-electron chi connectivity index (χ3n) is 4.88. The molecule has 12 heteroatoms. The second kappa shape index (κ2) is 9.74. The summed E-state index contributed by atoms with van der Waals surface area (Å²) < 4.78 is 38.2. The van der Waals surface area contributed by atoms with E-state index in [9.17, 15) is 18.0 Å². The lowest BCUT2D eigenvalue weighted by atomic mass is 10.2. The lowest BCUT2D eigenvalue weighted by Crippen LogP contribution is -2.40. The summed E-state index contributed by atoms with van der Waals surface area (Å²) in [4.78, 5) is 28.8. The normalized spacial score (nSPS) is 14.8. The molecule has 0 saturated carbocycles. The van der Waals surface area contributed by atoms with E-state index in [0.29, 0.717) is 5.13 Å². The molecule has 1 saturated heterocycles. The highest BCUT2D eigenvalue weighted by molar-refractivity contribution is 7.89. The number of thiazole rings is 1. The highest BCUT2D eigenvalue weighted by Crippen LogP contribution is 2.28. The van der Waals surface area contributed by atoms with Crippen molar-refractivity contribution in [2.24, 2.45) is 0 Å². The number of anilines is 1. The summed E-state index contributed by atoms with van der Waals surface area (Å²) in [6.07, 6.45) is 0. The number of aryl methyl sites for hydroxylation is 1. The van der Waals surface area contributed by atoms with Gasteiger partial charge in [-0.05, 0) is 42.8 Å². The van der Waals surface area contributed by atoms with Crippen molar-refractivity contribution < 1.29 is 27.5 Å². The van der Waals surface area contributed by atoms with Crippen LogP contribution in [-0.2, 0) is 24.3 Å². The summed E-state index contributed by atoms with van der Waals surface area (Å²) in [6.45, 7) is 2.36. The number of hydrogen-bond donors (Lipinski definition) is 1. The summed E-state index contributed by atoms with van der Waals surface area (Å²) in [5.74, 6) is -1.41. The van der Waals surface area contributed by atoms with E-state index >= 15 is 0 Å². The maximum absolute atomic E-state index is 12.9. The van der Waals surface area contributed by atoms with Crippen LogP contribution in [0.15, 0.2) is 41.3 Å². The molecule has 0 radical (unpaired) electrons. The van der Waals surface area contributed by atoms with Crippen LogP contribution in [0, 0.1) is 6.92 Å². The topological polar surface area (TPSA) is 115 Å². The molecular weight excluding hydrogens is 490 g/mol. The quantitative estimate of drug-likeness (QED) is 0.508. The van der Waals surface area contributed by atoms with E-state index in [1.807, 2.05) is 25.1 Å². The summed E-state index contributed by atoms with van der Waals surface area (Å²) in [5, 5.41) is 2.98. The Balaban J connectivity index is 1.41. The van der Waals surface area contributed by atoms with Crippen molar-refractivity contribution in [2.45, 2.75) is 11.8 Å². The van der Waals surface area contributed by atoms with Gasteiger partial charge in [0.2, 0.25) is 10.0 Å². The molecule has 1 fully saturated rings. The van der Waals surface area contributed by atoms with Crippen LogP contribution in [0.1, 0.15) is 15.9 Å². The van der Waals surface area contributed by atoms with Crippen molar-refractivity contribution in [1.82, 2.24) is 9.29 Å². The Morgan fingerprint density at radius 1 is 1.21 bits per heavy atom. The molecular formula is C21H20ClN3O6S2. The molecule has 1 amide bonds. The first-order chi connectivity index (χ1) is 15.7. The number of fused-ring (bicyclic) bond motifs is 1. The van der Waals surface area contributed by atoms with Crippen LogP contribution in [0.3, 0.4) is 0 Å². The zero-order valence-electron chi connectivity index (χ0n) is 17.5. The number of sulfonamides is 1. The fourth-order valence-corrected chi connectivity index (χ4v) is 6.10. The molecule has 0 spiro atoms. The fraction of sp³-hybridized carbons (Fsp3) is 0.286. The minimum atomic E-state index is -3.91. The summed E-state index contributed by atoms with van der Waals surface area (Å²) in [7, 11) is -3.91. The summed E-state index contributed by atoms with van der Waals surface area (Å²) >= 11 is 7.42. The van der Waals surface area contributed by atoms with Crippen molar-refractivity contribution >= 4 is 60.2 Å². The Bertz CT molecular complexity index is 1320. The molecule has 1 N–H and O–H groups in total. The van der Waals surface area contributed by atoms with E-state index in [1.165, 1.54) is 27.8 Å². The number of hydrogen-bond acceptors (Lipinski definition) is 8. The van der Waals surface area contributed by atoms with Crippen LogP contribution in [-0.4, -0.2) is 62.5 Å². The number of nitrogens with zero attached hydrogens (tertiary/aromatic N) is 2. The molecule has 174 valence electrons. The average Bonchev–Trinajstić information content (AvgIpc) is 3.19. The van der Waals surface area contributed by atoms with E-state index in [4.69, 9.17) is 21.1 Å². The maximum atomic E-state index is 12.9. The van der Waals surface area contributed by atoms with Gasteiger partial charge in [0.05, 0.1) is 34.0 Å². The Kier molecular flexibility index (Phi) is 6.96. The minimum absolute atomic E-state index is 0.0122. The van der Waals surface area contributed by atoms with E-state index < -0.39 is 28.5 Å².